The molecule has 0 saturated carbocycles. The quantitative estimate of drug-likeness (QED) is 0.146. The summed E-state index contributed by atoms with van der Waals surface area (Å²) in [5, 5.41) is 15.3. The number of amides is 2. The molecule has 0 heterocycles. The Kier molecular flexibility index (Phi) is 12.7. The average molecular weight is 714 g/mol. The van der Waals surface area contributed by atoms with E-state index < -0.39 is 49.9 Å². The van der Waals surface area contributed by atoms with Crippen LogP contribution < -0.4 is 14.4 Å². The maximum atomic E-state index is 14.3. The molecule has 15 heteroatoms. The predicted octanol–water partition coefficient (Wildman–Crippen LogP) is 6.65. The number of hydrogen-bond donors (Lipinski definition) is 1. The van der Waals surface area contributed by atoms with Crippen molar-refractivity contribution >= 4 is 68.0 Å². The Balaban J connectivity index is 2.20. The van der Waals surface area contributed by atoms with Crippen LogP contribution in [0.15, 0.2) is 59.5 Å². The molecular formula is C31H35Cl3N4O7S. The second-order valence-corrected chi connectivity index (χ2v) is 14.0. The lowest BCUT2D eigenvalue weighted by atomic mass is 10.1. The van der Waals surface area contributed by atoms with Crippen LogP contribution in [0.3, 0.4) is 0 Å². The largest absolute Gasteiger partial charge is 0.495 e. The Morgan fingerprint density at radius 3 is 2.26 bits per heavy atom. The number of sulfonamides is 1. The molecule has 0 aromatic heterocycles. The molecule has 1 N–H and O–H groups in total. The maximum Gasteiger partial charge on any atom is 0.273 e. The molecule has 3 aromatic rings. The highest BCUT2D eigenvalue weighted by Gasteiger charge is 2.36. The van der Waals surface area contributed by atoms with E-state index in [0.29, 0.717) is 17.1 Å². The second kappa shape index (κ2) is 15.8. The van der Waals surface area contributed by atoms with Crippen LogP contribution in [0.2, 0.25) is 15.1 Å². The number of nitro benzene ring substituents is 1. The van der Waals surface area contributed by atoms with Crippen LogP contribution in [-0.2, 0) is 26.2 Å². The summed E-state index contributed by atoms with van der Waals surface area (Å²) in [6.07, 6.45) is 0.193. The van der Waals surface area contributed by atoms with Crippen LogP contribution in [0.4, 0.5) is 11.4 Å². The highest BCUT2D eigenvalue weighted by atomic mass is 35.5. The first-order valence-electron chi connectivity index (χ1n) is 14.2. The van der Waals surface area contributed by atoms with Crippen molar-refractivity contribution in [1.29, 1.82) is 0 Å². The predicted molar refractivity (Wildman–Crippen MR) is 179 cm³/mol. The van der Waals surface area contributed by atoms with Gasteiger partial charge in [0.1, 0.15) is 18.3 Å². The summed E-state index contributed by atoms with van der Waals surface area (Å²) >= 11 is 18.8. The van der Waals surface area contributed by atoms with E-state index >= 15 is 0 Å². The van der Waals surface area contributed by atoms with Crippen molar-refractivity contribution in [3.63, 3.8) is 0 Å². The number of aryl methyl sites for hydroxylation is 1. The van der Waals surface area contributed by atoms with Gasteiger partial charge in [-0.25, -0.2) is 8.42 Å². The lowest BCUT2D eigenvalue weighted by Gasteiger charge is -2.33. The second-order valence-electron chi connectivity index (χ2n) is 10.9. The maximum absolute atomic E-state index is 14.3. The third-order valence-electron chi connectivity index (χ3n) is 7.08. The van der Waals surface area contributed by atoms with Crippen molar-refractivity contribution in [3.8, 4) is 5.75 Å². The summed E-state index contributed by atoms with van der Waals surface area (Å²) < 4.78 is 34.7. The van der Waals surface area contributed by atoms with Crippen molar-refractivity contribution < 1.29 is 27.7 Å². The molecule has 0 aliphatic carbocycles. The van der Waals surface area contributed by atoms with Gasteiger partial charge in [0.15, 0.2) is 0 Å². The standard InChI is InChI=1S/C31H35Cl3N4O7S/c1-6-26(31(40)35-16-19(2)3)36(17-21-8-9-22(32)13-25(21)34)30(39)18-37(28-14-23(33)10-12-29(28)45-5)46(43,44)24-11-7-20(4)27(15-24)38(41)42/h7-15,19,26H,6,16-18H2,1-5H3,(H,35,40)/t26-/m1/s1. The Morgan fingerprint density at radius 2 is 1.67 bits per heavy atom. The van der Waals surface area contributed by atoms with Crippen LogP contribution in [0.5, 0.6) is 5.75 Å². The SMILES string of the molecule is CC[C@H](C(=O)NCC(C)C)N(Cc1ccc(Cl)cc1Cl)C(=O)CN(c1cc(Cl)ccc1OC)S(=O)(=O)c1ccc(C)c([N+](=O)[O-])c1. The number of nitrogens with zero attached hydrogens (tertiary/aromatic N) is 3. The molecule has 46 heavy (non-hydrogen) atoms. The number of nitro groups is 1. The molecule has 3 aromatic carbocycles. The minimum Gasteiger partial charge on any atom is -0.495 e. The van der Waals surface area contributed by atoms with Gasteiger partial charge in [0, 0.05) is 39.8 Å². The van der Waals surface area contributed by atoms with E-state index in [1.54, 1.807) is 19.1 Å². The van der Waals surface area contributed by atoms with Crippen LogP contribution in [0, 0.1) is 23.0 Å². The Bertz CT molecular complexity index is 1720. The van der Waals surface area contributed by atoms with Crippen molar-refractivity contribution in [2.24, 2.45) is 5.92 Å². The third-order valence-corrected chi connectivity index (χ3v) is 9.66. The summed E-state index contributed by atoms with van der Waals surface area (Å²) in [6.45, 7) is 6.43. The molecule has 2 amide bonds. The summed E-state index contributed by atoms with van der Waals surface area (Å²) in [5.74, 6) is -0.995. The topological polar surface area (TPSA) is 139 Å². The summed E-state index contributed by atoms with van der Waals surface area (Å²) in [5.41, 5.74) is 0.209. The zero-order chi connectivity index (χ0) is 34.3. The molecule has 0 saturated heterocycles. The van der Waals surface area contributed by atoms with Crippen LogP contribution >= 0.6 is 34.8 Å². The molecule has 11 nitrogen and oxygen atoms in total. The summed E-state index contributed by atoms with van der Waals surface area (Å²) in [4.78, 5) is 39.6. The molecule has 0 aliphatic rings. The van der Waals surface area contributed by atoms with E-state index in [-0.39, 0.29) is 45.9 Å². The van der Waals surface area contributed by atoms with E-state index in [1.165, 1.54) is 55.3 Å². The van der Waals surface area contributed by atoms with Gasteiger partial charge in [-0.2, -0.15) is 0 Å². The van der Waals surface area contributed by atoms with Gasteiger partial charge in [0.2, 0.25) is 11.8 Å². The number of halogens is 3. The Hall–Kier alpha value is -3.58. The fourth-order valence-electron chi connectivity index (χ4n) is 4.62. The van der Waals surface area contributed by atoms with Crippen LogP contribution in [0.1, 0.15) is 38.3 Å². The number of nitrogens with one attached hydrogen (secondary N) is 1. The van der Waals surface area contributed by atoms with E-state index in [1.807, 2.05) is 13.8 Å². The number of hydrogen-bond acceptors (Lipinski definition) is 7. The van der Waals surface area contributed by atoms with Gasteiger partial charge in [-0.3, -0.25) is 24.0 Å². The lowest BCUT2D eigenvalue weighted by molar-refractivity contribution is -0.385. The molecule has 0 fully saturated rings. The van der Waals surface area contributed by atoms with Gasteiger partial charge < -0.3 is 15.0 Å². The smallest absolute Gasteiger partial charge is 0.273 e. The molecule has 0 radical (unpaired) electrons. The zero-order valence-electron chi connectivity index (χ0n) is 25.9. The van der Waals surface area contributed by atoms with Crippen molar-refractivity contribution in [3.05, 3.63) is 90.9 Å². The molecule has 0 bridgehead atoms. The molecule has 1 atom stereocenters. The van der Waals surface area contributed by atoms with E-state index in [0.717, 1.165) is 10.4 Å². The van der Waals surface area contributed by atoms with Gasteiger partial charge in [-0.05, 0) is 61.2 Å². The molecule has 248 valence electrons. The van der Waals surface area contributed by atoms with Crippen molar-refractivity contribution in [1.82, 2.24) is 10.2 Å². The van der Waals surface area contributed by atoms with Crippen molar-refractivity contribution in [2.45, 2.75) is 51.6 Å². The van der Waals surface area contributed by atoms with E-state index in [2.05, 4.69) is 5.32 Å². The molecule has 0 unspecified atom stereocenters. The highest BCUT2D eigenvalue weighted by Crippen LogP contribution is 2.36. The molecule has 3 rings (SSSR count). The Morgan fingerprint density at radius 1 is 1.02 bits per heavy atom. The fraction of sp³-hybridized carbons (Fsp3) is 0.355. The Labute approximate surface area is 283 Å². The number of ether oxygens (including phenoxy) is 1. The number of carbonyl (C=O) groups excluding carboxylic acids is 2. The van der Waals surface area contributed by atoms with Gasteiger partial charge in [-0.1, -0.05) is 67.7 Å². The highest BCUT2D eigenvalue weighted by molar-refractivity contribution is 7.92. The van der Waals surface area contributed by atoms with Gasteiger partial charge in [0.05, 0.1) is 22.6 Å². The third kappa shape index (κ3) is 8.81. The van der Waals surface area contributed by atoms with Gasteiger partial charge in [-0.15, -0.1) is 0 Å². The van der Waals surface area contributed by atoms with Crippen LogP contribution in [-0.4, -0.2) is 56.3 Å². The first kappa shape index (κ1) is 36.9. The summed E-state index contributed by atoms with van der Waals surface area (Å²) in [6, 6.07) is 11.4. The molecular weight excluding hydrogens is 679 g/mol. The number of carbonyl (C=O) groups is 2. The monoisotopic (exact) mass is 712 g/mol. The minimum absolute atomic E-state index is 0.0661. The van der Waals surface area contributed by atoms with E-state index in [4.69, 9.17) is 39.5 Å². The summed E-state index contributed by atoms with van der Waals surface area (Å²) in [7, 11) is -3.35. The average Bonchev–Trinajstić information content (AvgIpc) is 2.99. The number of methoxy groups -OCH3 is 1. The van der Waals surface area contributed by atoms with Gasteiger partial charge in [0.25, 0.3) is 15.7 Å². The lowest BCUT2D eigenvalue weighted by Crippen LogP contribution is -2.52. The fourth-order valence-corrected chi connectivity index (χ4v) is 6.69. The molecule has 0 spiro atoms. The normalized spacial score (nSPS) is 12.0. The minimum atomic E-state index is -4.67. The number of rotatable bonds is 14. The van der Waals surface area contributed by atoms with Gasteiger partial charge >= 0.3 is 0 Å². The first-order valence-corrected chi connectivity index (χ1v) is 16.8. The number of anilines is 1. The molecule has 0 aliphatic heterocycles. The van der Waals surface area contributed by atoms with Crippen LogP contribution in [0.25, 0.3) is 0 Å². The first-order chi connectivity index (χ1) is 21.6. The van der Waals surface area contributed by atoms with Crippen molar-refractivity contribution in [2.75, 3.05) is 24.5 Å². The number of benzene rings is 3. The van der Waals surface area contributed by atoms with E-state index in [9.17, 15) is 28.1 Å². The zero-order valence-corrected chi connectivity index (χ0v) is 29.0.